The van der Waals surface area contributed by atoms with Gasteiger partial charge in [0.05, 0.1) is 16.7 Å². The summed E-state index contributed by atoms with van der Waals surface area (Å²) in [5, 5.41) is 17.1. The lowest BCUT2D eigenvalue weighted by molar-refractivity contribution is -0.117. The lowest BCUT2D eigenvalue weighted by Crippen LogP contribution is -2.46. The van der Waals surface area contributed by atoms with Gasteiger partial charge in [-0.1, -0.05) is 0 Å². The van der Waals surface area contributed by atoms with Crippen molar-refractivity contribution in [1.82, 2.24) is 20.6 Å². The van der Waals surface area contributed by atoms with Gasteiger partial charge in [-0.05, 0) is 31.9 Å². The van der Waals surface area contributed by atoms with Crippen molar-refractivity contribution in [2.24, 2.45) is 0 Å². The van der Waals surface area contributed by atoms with Crippen LogP contribution in [0.15, 0.2) is 29.6 Å². The third-order valence-corrected chi connectivity index (χ3v) is 6.24. The number of nitrogens with zero attached hydrogens (tertiary/aromatic N) is 2. The minimum Gasteiger partial charge on any atom is -0.392 e. The summed E-state index contributed by atoms with van der Waals surface area (Å²) in [6.07, 6.45) is 6.03. The Hall–Kier alpha value is -2.03. The average Bonchev–Trinajstić information content (AvgIpc) is 3.28. The van der Waals surface area contributed by atoms with Gasteiger partial charge < -0.3 is 25.6 Å². The highest BCUT2D eigenvalue weighted by atomic mass is 32.2. The van der Waals surface area contributed by atoms with E-state index in [0.29, 0.717) is 17.9 Å². The van der Waals surface area contributed by atoms with Crippen LogP contribution in [0, 0.1) is 6.92 Å². The lowest BCUT2D eigenvalue weighted by Gasteiger charge is -2.28. The molecule has 2 aliphatic heterocycles. The second kappa shape index (κ2) is 7.53. The monoisotopic (exact) mass is 387 g/mol. The fraction of sp³-hybridized carbons (Fsp3) is 0.474. The number of aromatic nitrogens is 2. The van der Waals surface area contributed by atoms with E-state index < -0.39 is 0 Å². The van der Waals surface area contributed by atoms with E-state index in [1.807, 2.05) is 25.4 Å². The predicted octanol–water partition coefficient (Wildman–Crippen LogP) is 1.49. The summed E-state index contributed by atoms with van der Waals surface area (Å²) in [7, 11) is 0. The molecule has 1 amide bonds. The Balaban J connectivity index is 1.52. The first-order valence-electron chi connectivity index (χ1n) is 9.29. The van der Waals surface area contributed by atoms with Crippen LogP contribution in [0.25, 0.3) is 11.0 Å². The second-order valence-electron chi connectivity index (χ2n) is 7.23. The van der Waals surface area contributed by atoms with Crippen molar-refractivity contribution < 1.29 is 9.90 Å². The van der Waals surface area contributed by atoms with Crippen LogP contribution in [-0.4, -0.2) is 58.0 Å². The molecule has 0 aromatic carbocycles. The van der Waals surface area contributed by atoms with Crippen LogP contribution < -0.4 is 15.5 Å². The summed E-state index contributed by atoms with van der Waals surface area (Å²) in [6, 6.07) is 2.07. The molecule has 0 saturated carbocycles. The standard InChI is InChI=1S/C19H25N5O2S/c1-11-8-22-18-17(11)15(3-4-20-18)24-5-6-27-16(10-24)19(26)23-12(2)14-7-13(25)9-21-14/h3-4,8,10,12-14,21,25H,5-7,9H2,1-2H3,(H,20,22)(H,23,26)/t12?,13-,14+/m0/s1. The van der Waals surface area contributed by atoms with E-state index in [0.717, 1.165) is 34.6 Å². The van der Waals surface area contributed by atoms with E-state index in [4.69, 9.17) is 0 Å². The largest absolute Gasteiger partial charge is 0.392 e. The first-order valence-corrected chi connectivity index (χ1v) is 10.3. The molecule has 7 nitrogen and oxygen atoms in total. The van der Waals surface area contributed by atoms with Gasteiger partial charge in [0.15, 0.2) is 0 Å². The number of aliphatic hydroxyl groups excluding tert-OH is 1. The van der Waals surface area contributed by atoms with Crippen LogP contribution in [0.4, 0.5) is 5.69 Å². The Kier molecular flexibility index (Phi) is 5.12. The highest BCUT2D eigenvalue weighted by Gasteiger charge is 2.29. The summed E-state index contributed by atoms with van der Waals surface area (Å²) >= 11 is 1.58. The zero-order valence-corrected chi connectivity index (χ0v) is 16.3. The van der Waals surface area contributed by atoms with Crippen LogP contribution in [-0.2, 0) is 4.79 Å². The lowest BCUT2D eigenvalue weighted by atomic mass is 10.1. The summed E-state index contributed by atoms with van der Waals surface area (Å²) < 4.78 is 0. The van der Waals surface area contributed by atoms with Crippen LogP contribution in [0.3, 0.4) is 0 Å². The van der Waals surface area contributed by atoms with Gasteiger partial charge in [-0.3, -0.25) is 4.79 Å². The third kappa shape index (κ3) is 3.69. The van der Waals surface area contributed by atoms with Crippen LogP contribution in [0.5, 0.6) is 0 Å². The number of aliphatic hydroxyl groups is 1. The minimum absolute atomic E-state index is 0.0360. The molecule has 0 aliphatic carbocycles. The third-order valence-electron chi connectivity index (χ3n) is 5.25. The van der Waals surface area contributed by atoms with Crippen molar-refractivity contribution in [3.63, 3.8) is 0 Å². The molecule has 0 radical (unpaired) electrons. The number of anilines is 1. The molecule has 3 atom stereocenters. The van der Waals surface area contributed by atoms with Crippen molar-refractivity contribution >= 4 is 34.4 Å². The van der Waals surface area contributed by atoms with Gasteiger partial charge in [0, 0.05) is 54.9 Å². The van der Waals surface area contributed by atoms with Crippen molar-refractivity contribution in [2.75, 3.05) is 23.7 Å². The summed E-state index contributed by atoms with van der Waals surface area (Å²) in [4.78, 5) is 23.2. The Morgan fingerprint density at radius 2 is 2.37 bits per heavy atom. The molecule has 1 unspecified atom stereocenters. The molecular weight excluding hydrogens is 362 g/mol. The van der Waals surface area contributed by atoms with Crippen molar-refractivity contribution in [1.29, 1.82) is 0 Å². The zero-order chi connectivity index (χ0) is 19.0. The number of carbonyl (C=O) groups is 1. The van der Waals surface area contributed by atoms with Gasteiger partial charge in [-0.15, -0.1) is 11.8 Å². The fourth-order valence-electron chi connectivity index (χ4n) is 3.76. The number of aryl methyl sites for hydroxylation is 1. The number of aromatic amines is 1. The molecule has 4 rings (SSSR count). The summed E-state index contributed by atoms with van der Waals surface area (Å²) in [6.45, 7) is 5.47. The molecule has 2 aromatic heterocycles. The Bertz CT molecular complexity index is 880. The topological polar surface area (TPSA) is 93.3 Å². The molecule has 144 valence electrons. The van der Waals surface area contributed by atoms with Gasteiger partial charge in [0.25, 0.3) is 5.91 Å². The SMILES string of the molecule is Cc1c[nH]c2nccc(N3C=C(C(=O)NC(C)[C@H]4C[C@H](O)CN4)SCC3)c12. The first-order chi connectivity index (χ1) is 13.0. The number of amides is 1. The number of rotatable bonds is 4. The molecule has 8 heteroatoms. The zero-order valence-electron chi connectivity index (χ0n) is 15.5. The molecular formula is C19H25N5O2S. The number of H-pyrrole nitrogens is 1. The normalized spacial score (nSPS) is 24.1. The number of hydrogen-bond acceptors (Lipinski definition) is 6. The van der Waals surface area contributed by atoms with E-state index in [1.165, 1.54) is 0 Å². The Labute approximate surface area is 162 Å². The highest BCUT2D eigenvalue weighted by molar-refractivity contribution is 8.04. The van der Waals surface area contributed by atoms with Gasteiger partial charge in [0.1, 0.15) is 5.65 Å². The van der Waals surface area contributed by atoms with Gasteiger partial charge in [-0.25, -0.2) is 4.98 Å². The number of fused-ring (bicyclic) bond motifs is 1. The first kappa shape index (κ1) is 18.3. The van der Waals surface area contributed by atoms with Crippen molar-refractivity contribution in [2.45, 2.75) is 38.5 Å². The number of nitrogens with one attached hydrogen (secondary N) is 3. The Morgan fingerprint density at radius 1 is 1.52 bits per heavy atom. The quantitative estimate of drug-likeness (QED) is 0.635. The molecule has 1 saturated heterocycles. The molecule has 0 spiro atoms. The fourth-order valence-corrected chi connectivity index (χ4v) is 4.66. The molecule has 2 aliphatic rings. The Morgan fingerprint density at radius 3 is 3.15 bits per heavy atom. The molecule has 27 heavy (non-hydrogen) atoms. The minimum atomic E-state index is -0.327. The molecule has 4 heterocycles. The number of thioether (sulfide) groups is 1. The second-order valence-corrected chi connectivity index (χ2v) is 8.36. The average molecular weight is 388 g/mol. The number of hydrogen-bond donors (Lipinski definition) is 4. The van der Waals surface area contributed by atoms with Crippen molar-refractivity contribution in [3.05, 3.63) is 35.1 Å². The molecule has 2 aromatic rings. The maximum atomic E-state index is 12.8. The van der Waals surface area contributed by atoms with Gasteiger partial charge in [-0.2, -0.15) is 0 Å². The van der Waals surface area contributed by atoms with E-state index in [9.17, 15) is 9.90 Å². The molecule has 1 fully saturated rings. The number of pyridine rings is 1. The van der Waals surface area contributed by atoms with Crippen LogP contribution >= 0.6 is 11.8 Å². The van der Waals surface area contributed by atoms with E-state index in [2.05, 4.69) is 32.4 Å². The van der Waals surface area contributed by atoms with Crippen molar-refractivity contribution in [3.8, 4) is 0 Å². The predicted molar refractivity (Wildman–Crippen MR) is 109 cm³/mol. The number of β-amino-alcohol motifs (C(OH)–C–C–N with tert-alkyl or cyclic N) is 1. The maximum Gasteiger partial charge on any atom is 0.259 e. The summed E-state index contributed by atoms with van der Waals surface area (Å²) in [5.41, 5.74) is 3.07. The van der Waals surface area contributed by atoms with Crippen LogP contribution in [0.1, 0.15) is 18.9 Å². The number of carbonyl (C=O) groups excluding carboxylic acids is 1. The molecule has 0 bridgehead atoms. The maximum absolute atomic E-state index is 12.8. The van der Waals surface area contributed by atoms with Gasteiger partial charge >= 0.3 is 0 Å². The summed E-state index contributed by atoms with van der Waals surface area (Å²) in [5.74, 6) is 0.790. The van der Waals surface area contributed by atoms with Gasteiger partial charge in [0.2, 0.25) is 0 Å². The van der Waals surface area contributed by atoms with Crippen LogP contribution in [0.2, 0.25) is 0 Å². The van der Waals surface area contributed by atoms with E-state index in [-0.39, 0.29) is 24.1 Å². The molecule has 4 N–H and O–H groups in total. The van der Waals surface area contributed by atoms with E-state index in [1.54, 1.807) is 18.0 Å². The van der Waals surface area contributed by atoms with E-state index >= 15 is 0 Å². The smallest absolute Gasteiger partial charge is 0.259 e. The highest BCUT2D eigenvalue weighted by Crippen LogP contribution is 2.32.